The molecule has 0 bridgehead atoms. The van der Waals surface area contributed by atoms with Crippen LogP contribution in [0.5, 0.6) is 11.5 Å². The van der Waals surface area contributed by atoms with E-state index in [9.17, 15) is 4.79 Å². The molecule has 2 aromatic carbocycles. The average molecular weight is 342 g/mol. The number of nitrogens with one attached hydrogen (secondary N) is 1. The van der Waals surface area contributed by atoms with Gasteiger partial charge in [0.25, 0.3) is 5.91 Å². The van der Waals surface area contributed by atoms with Crippen molar-refractivity contribution in [2.75, 3.05) is 5.32 Å². The van der Waals surface area contributed by atoms with E-state index in [1.165, 1.54) is 0 Å². The summed E-state index contributed by atoms with van der Waals surface area (Å²) in [5.41, 5.74) is 1.20. The lowest BCUT2D eigenvalue weighted by Crippen LogP contribution is -2.11. The molecule has 1 amide bonds. The fourth-order valence-corrected chi connectivity index (χ4v) is 2.29. The van der Waals surface area contributed by atoms with Crippen LogP contribution in [0.15, 0.2) is 60.9 Å². The first-order valence-corrected chi connectivity index (χ1v) is 7.90. The van der Waals surface area contributed by atoms with Crippen molar-refractivity contribution in [3.63, 3.8) is 0 Å². The van der Waals surface area contributed by atoms with Crippen molar-refractivity contribution in [3.8, 4) is 11.5 Å². The third-order valence-corrected chi connectivity index (χ3v) is 3.71. The van der Waals surface area contributed by atoms with Crippen molar-refractivity contribution in [3.05, 3.63) is 71.5 Å². The topological polar surface area (TPSA) is 56.2 Å². The highest BCUT2D eigenvalue weighted by molar-refractivity contribution is 6.32. The Morgan fingerprint density at radius 2 is 1.96 bits per heavy atom. The molecule has 6 heteroatoms. The van der Waals surface area contributed by atoms with E-state index in [-0.39, 0.29) is 5.91 Å². The van der Waals surface area contributed by atoms with Crippen LogP contribution in [0, 0.1) is 0 Å². The van der Waals surface area contributed by atoms with Crippen molar-refractivity contribution in [1.82, 2.24) is 9.78 Å². The van der Waals surface area contributed by atoms with E-state index in [0.717, 1.165) is 6.54 Å². The molecule has 0 aliphatic heterocycles. The number of rotatable bonds is 5. The van der Waals surface area contributed by atoms with Gasteiger partial charge in [-0.05, 0) is 43.3 Å². The quantitative estimate of drug-likeness (QED) is 0.737. The molecule has 5 nitrogen and oxygen atoms in total. The highest BCUT2D eigenvalue weighted by Gasteiger charge is 2.09. The minimum atomic E-state index is -0.200. The van der Waals surface area contributed by atoms with Crippen LogP contribution in [0.3, 0.4) is 0 Å². The van der Waals surface area contributed by atoms with Gasteiger partial charge in [-0.15, -0.1) is 0 Å². The van der Waals surface area contributed by atoms with Gasteiger partial charge in [0.15, 0.2) is 0 Å². The van der Waals surface area contributed by atoms with Gasteiger partial charge in [0.2, 0.25) is 0 Å². The Hall–Kier alpha value is -2.79. The van der Waals surface area contributed by atoms with Gasteiger partial charge in [-0.3, -0.25) is 9.48 Å². The second-order valence-corrected chi connectivity index (χ2v) is 5.50. The van der Waals surface area contributed by atoms with E-state index < -0.39 is 0 Å². The van der Waals surface area contributed by atoms with Crippen molar-refractivity contribution >= 4 is 23.2 Å². The van der Waals surface area contributed by atoms with Crippen LogP contribution >= 0.6 is 11.6 Å². The molecule has 1 aromatic heterocycles. The zero-order chi connectivity index (χ0) is 16.9. The number of carbonyl (C=O) groups is 1. The molecule has 0 saturated carbocycles. The number of ether oxygens (including phenoxy) is 1. The van der Waals surface area contributed by atoms with E-state index in [1.54, 1.807) is 53.5 Å². The van der Waals surface area contributed by atoms with Crippen LogP contribution in [0.25, 0.3) is 0 Å². The third-order valence-electron chi connectivity index (χ3n) is 3.40. The fourth-order valence-electron chi connectivity index (χ4n) is 2.12. The lowest BCUT2D eigenvalue weighted by atomic mass is 10.2. The highest BCUT2D eigenvalue weighted by Crippen LogP contribution is 2.29. The zero-order valence-corrected chi connectivity index (χ0v) is 13.8. The maximum Gasteiger partial charge on any atom is 0.258 e. The van der Waals surface area contributed by atoms with Crippen LogP contribution in [-0.4, -0.2) is 15.7 Å². The second-order valence-electron chi connectivity index (χ2n) is 5.10. The van der Waals surface area contributed by atoms with Gasteiger partial charge in [-0.2, -0.15) is 5.10 Å². The van der Waals surface area contributed by atoms with Crippen molar-refractivity contribution in [1.29, 1.82) is 0 Å². The standard InChI is InChI=1S/C18H16ClN3O2/c1-2-22-12-13(11-20-22)18(23)21-14-7-9-15(10-8-14)24-17-6-4-3-5-16(17)19/h3-12H,2H2,1H3,(H,21,23). The number of halogens is 1. The Morgan fingerprint density at radius 1 is 1.21 bits per heavy atom. The molecule has 0 radical (unpaired) electrons. The molecular formula is C18H16ClN3O2. The fraction of sp³-hybridized carbons (Fsp3) is 0.111. The molecule has 0 aliphatic carbocycles. The van der Waals surface area contributed by atoms with Crippen LogP contribution in [0.2, 0.25) is 5.02 Å². The SMILES string of the molecule is CCn1cc(C(=O)Nc2ccc(Oc3ccccc3Cl)cc2)cn1. The summed E-state index contributed by atoms with van der Waals surface area (Å²) in [6.07, 6.45) is 3.26. The smallest absolute Gasteiger partial charge is 0.258 e. The number of aromatic nitrogens is 2. The Morgan fingerprint density at radius 3 is 2.62 bits per heavy atom. The minimum Gasteiger partial charge on any atom is -0.456 e. The first-order chi connectivity index (χ1) is 11.7. The number of hydrogen-bond acceptors (Lipinski definition) is 3. The molecule has 122 valence electrons. The van der Waals surface area contributed by atoms with Crippen molar-refractivity contribution in [2.45, 2.75) is 13.5 Å². The molecule has 0 fully saturated rings. The summed E-state index contributed by atoms with van der Waals surface area (Å²) < 4.78 is 7.42. The van der Waals surface area contributed by atoms with Gasteiger partial charge in [0.1, 0.15) is 11.5 Å². The maximum absolute atomic E-state index is 12.2. The monoisotopic (exact) mass is 341 g/mol. The van der Waals surface area contributed by atoms with Gasteiger partial charge in [0, 0.05) is 18.4 Å². The van der Waals surface area contributed by atoms with Gasteiger partial charge >= 0.3 is 0 Å². The van der Waals surface area contributed by atoms with E-state index in [2.05, 4.69) is 10.4 Å². The Kier molecular flexibility index (Phi) is 4.82. The second kappa shape index (κ2) is 7.19. The lowest BCUT2D eigenvalue weighted by Gasteiger charge is -2.08. The molecule has 0 aliphatic rings. The van der Waals surface area contributed by atoms with Gasteiger partial charge < -0.3 is 10.1 Å². The van der Waals surface area contributed by atoms with Crippen molar-refractivity contribution < 1.29 is 9.53 Å². The summed E-state index contributed by atoms with van der Waals surface area (Å²) in [7, 11) is 0. The van der Waals surface area contributed by atoms with E-state index in [1.807, 2.05) is 19.1 Å². The molecule has 1 heterocycles. The van der Waals surface area contributed by atoms with Gasteiger partial charge in [0.05, 0.1) is 16.8 Å². The number of aryl methyl sites for hydroxylation is 1. The van der Waals surface area contributed by atoms with Crippen LogP contribution in [-0.2, 0) is 6.54 Å². The largest absolute Gasteiger partial charge is 0.456 e. The number of anilines is 1. The van der Waals surface area contributed by atoms with Crippen LogP contribution in [0.1, 0.15) is 17.3 Å². The first-order valence-electron chi connectivity index (χ1n) is 7.52. The number of hydrogen-bond donors (Lipinski definition) is 1. The summed E-state index contributed by atoms with van der Waals surface area (Å²) in [6.45, 7) is 2.69. The first kappa shape index (κ1) is 16.1. The molecule has 0 saturated heterocycles. The summed E-state index contributed by atoms with van der Waals surface area (Å²) in [5, 5.41) is 7.46. The van der Waals surface area contributed by atoms with E-state index in [0.29, 0.717) is 27.8 Å². The van der Waals surface area contributed by atoms with Crippen molar-refractivity contribution in [2.24, 2.45) is 0 Å². The number of benzene rings is 2. The molecule has 3 aromatic rings. The minimum absolute atomic E-state index is 0.200. The molecule has 3 rings (SSSR count). The normalized spacial score (nSPS) is 10.4. The highest BCUT2D eigenvalue weighted by atomic mass is 35.5. The van der Waals surface area contributed by atoms with Crippen LogP contribution < -0.4 is 10.1 Å². The van der Waals surface area contributed by atoms with Gasteiger partial charge in [-0.25, -0.2) is 0 Å². The summed E-state index contributed by atoms with van der Waals surface area (Å²) >= 11 is 6.07. The summed E-state index contributed by atoms with van der Waals surface area (Å²) in [4.78, 5) is 12.2. The molecule has 24 heavy (non-hydrogen) atoms. The molecule has 0 unspecified atom stereocenters. The maximum atomic E-state index is 12.2. The third kappa shape index (κ3) is 3.75. The number of carbonyl (C=O) groups excluding carboxylic acids is 1. The van der Waals surface area contributed by atoms with E-state index >= 15 is 0 Å². The molecule has 0 atom stereocenters. The lowest BCUT2D eigenvalue weighted by molar-refractivity contribution is 0.102. The Labute approximate surface area is 144 Å². The Balaban J connectivity index is 1.66. The zero-order valence-electron chi connectivity index (χ0n) is 13.1. The molecule has 0 spiro atoms. The van der Waals surface area contributed by atoms with E-state index in [4.69, 9.17) is 16.3 Å². The average Bonchev–Trinajstić information content (AvgIpc) is 3.08. The molecule has 1 N–H and O–H groups in total. The summed E-state index contributed by atoms with van der Waals surface area (Å²) in [6, 6.07) is 14.3. The van der Waals surface area contributed by atoms with Gasteiger partial charge in [-0.1, -0.05) is 23.7 Å². The number of nitrogens with zero attached hydrogens (tertiary/aromatic N) is 2. The summed E-state index contributed by atoms with van der Waals surface area (Å²) in [5.74, 6) is 1.03. The Bertz CT molecular complexity index is 843. The van der Waals surface area contributed by atoms with Crippen LogP contribution in [0.4, 0.5) is 5.69 Å². The number of para-hydroxylation sites is 1. The predicted molar refractivity (Wildman–Crippen MR) is 93.8 cm³/mol. The molecular weight excluding hydrogens is 326 g/mol. The predicted octanol–water partition coefficient (Wildman–Crippen LogP) is 4.60. The number of amides is 1.